The van der Waals surface area contributed by atoms with E-state index in [-0.39, 0.29) is 11.3 Å². The molecule has 15 heavy (non-hydrogen) atoms. The highest BCUT2D eigenvalue weighted by Crippen LogP contribution is 2.28. The van der Waals surface area contributed by atoms with E-state index in [0.29, 0.717) is 5.39 Å². The number of phenols is 1. The highest BCUT2D eigenvalue weighted by Gasteiger charge is 2.08. The molecule has 0 amide bonds. The normalized spacial score (nSPS) is 10.5. The predicted octanol–water partition coefficient (Wildman–Crippen LogP) is 2.85. The van der Waals surface area contributed by atoms with Crippen LogP contribution in [0.25, 0.3) is 10.8 Å². The van der Waals surface area contributed by atoms with E-state index in [1.807, 2.05) is 12.1 Å². The van der Waals surface area contributed by atoms with Gasteiger partial charge in [0.2, 0.25) is 0 Å². The summed E-state index contributed by atoms with van der Waals surface area (Å²) >= 11 is 2.14. The number of carboxylic acids is 1. The van der Waals surface area contributed by atoms with Gasteiger partial charge in [-0.3, -0.25) is 0 Å². The molecule has 0 saturated carbocycles. The van der Waals surface area contributed by atoms with E-state index in [2.05, 4.69) is 22.6 Å². The van der Waals surface area contributed by atoms with Crippen molar-refractivity contribution in [1.29, 1.82) is 0 Å². The van der Waals surface area contributed by atoms with Crippen molar-refractivity contribution in [2.45, 2.75) is 0 Å². The standard InChI is InChI=1S/C11H7IO3/c12-8-2-1-6-3-7(11(14)15)4-10(13)9(6)5-8/h1-5,13H,(H,14,15). The molecule has 0 atom stereocenters. The molecule has 0 spiro atoms. The summed E-state index contributed by atoms with van der Waals surface area (Å²) < 4.78 is 0.999. The minimum atomic E-state index is -1.04. The average Bonchev–Trinajstić information content (AvgIpc) is 2.18. The molecule has 3 nitrogen and oxygen atoms in total. The predicted molar refractivity (Wildman–Crippen MR) is 65.3 cm³/mol. The summed E-state index contributed by atoms with van der Waals surface area (Å²) in [6.45, 7) is 0. The van der Waals surface area contributed by atoms with Crippen LogP contribution in [-0.2, 0) is 0 Å². The molecule has 2 rings (SSSR count). The van der Waals surface area contributed by atoms with E-state index in [0.717, 1.165) is 8.96 Å². The minimum absolute atomic E-state index is 0.00316. The van der Waals surface area contributed by atoms with Gasteiger partial charge < -0.3 is 10.2 Å². The molecular formula is C11H7IO3. The fraction of sp³-hybridized carbons (Fsp3) is 0. The second-order valence-electron chi connectivity index (χ2n) is 3.17. The van der Waals surface area contributed by atoms with Gasteiger partial charge in [0.05, 0.1) is 5.56 Å². The number of carbonyl (C=O) groups is 1. The second-order valence-corrected chi connectivity index (χ2v) is 4.41. The van der Waals surface area contributed by atoms with E-state index in [4.69, 9.17) is 5.11 Å². The van der Waals surface area contributed by atoms with E-state index >= 15 is 0 Å². The molecule has 4 heteroatoms. The van der Waals surface area contributed by atoms with Crippen LogP contribution in [0.15, 0.2) is 30.3 Å². The van der Waals surface area contributed by atoms with Crippen LogP contribution in [0.1, 0.15) is 10.4 Å². The molecule has 76 valence electrons. The number of aromatic carboxylic acids is 1. The van der Waals surface area contributed by atoms with Crippen molar-refractivity contribution < 1.29 is 15.0 Å². The van der Waals surface area contributed by atoms with Gasteiger partial charge in [-0.2, -0.15) is 0 Å². The largest absolute Gasteiger partial charge is 0.507 e. The topological polar surface area (TPSA) is 57.5 Å². The zero-order chi connectivity index (χ0) is 11.0. The van der Waals surface area contributed by atoms with Gasteiger partial charge in [-0.1, -0.05) is 6.07 Å². The molecule has 0 radical (unpaired) electrons. The molecule has 0 aliphatic rings. The number of hydrogen-bond acceptors (Lipinski definition) is 2. The number of aromatic hydroxyl groups is 1. The Balaban J connectivity index is 2.78. The van der Waals surface area contributed by atoms with Crippen molar-refractivity contribution in [1.82, 2.24) is 0 Å². The van der Waals surface area contributed by atoms with Crippen LogP contribution < -0.4 is 0 Å². The summed E-state index contributed by atoms with van der Waals surface area (Å²) in [7, 11) is 0. The summed E-state index contributed by atoms with van der Waals surface area (Å²) in [6, 6.07) is 8.29. The zero-order valence-corrected chi connectivity index (χ0v) is 9.72. The summed E-state index contributed by atoms with van der Waals surface area (Å²) in [6.07, 6.45) is 0. The first-order chi connectivity index (χ1) is 7.08. The Morgan fingerprint density at radius 1 is 1.20 bits per heavy atom. The Hall–Kier alpha value is -1.30. The molecule has 2 aromatic rings. The van der Waals surface area contributed by atoms with Gasteiger partial charge >= 0.3 is 5.97 Å². The molecule has 0 unspecified atom stereocenters. The third kappa shape index (κ3) is 1.90. The van der Waals surface area contributed by atoms with E-state index in [1.165, 1.54) is 6.07 Å². The zero-order valence-electron chi connectivity index (χ0n) is 7.57. The molecule has 0 aromatic heterocycles. The van der Waals surface area contributed by atoms with Gasteiger partial charge in [0.15, 0.2) is 0 Å². The number of benzene rings is 2. The molecule has 0 fully saturated rings. The van der Waals surface area contributed by atoms with Gasteiger partial charge in [0, 0.05) is 8.96 Å². The van der Waals surface area contributed by atoms with Gasteiger partial charge in [0.1, 0.15) is 5.75 Å². The highest BCUT2D eigenvalue weighted by atomic mass is 127. The molecular weight excluding hydrogens is 307 g/mol. The van der Waals surface area contributed by atoms with Gasteiger partial charge in [0.25, 0.3) is 0 Å². The fourth-order valence-electron chi connectivity index (χ4n) is 1.43. The summed E-state index contributed by atoms with van der Waals surface area (Å²) in [5.74, 6) is -1.03. The van der Waals surface area contributed by atoms with Crippen LogP contribution in [0.4, 0.5) is 0 Å². The van der Waals surface area contributed by atoms with Crippen molar-refractivity contribution in [2.75, 3.05) is 0 Å². The first-order valence-electron chi connectivity index (χ1n) is 4.23. The Kier molecular flexibility index (Phi) is 2.52. The first-order valence-corrected chi connectivity index (χ1v) is 5.31. The second kappa shape index (κ2) is 3.69. The van der Waals surface area contributed by atoms with Gasteiger partial charge in [-0.15, -0.1) is 0 Å². The fourth-order valence-corrected chi connectivity index (χ4v) is 1.93. The summed E-state index contributed by atoms with van der Waals surface area (Å²) in [5, 5.41) is 19.9. The maximum atomic E-state index is 10.8. The van der Waals surface area contributed by atoms with Crippen LogP contribution in [0.2, 0.25) is 0 Å². The Morgan fingerprint density at radius 2 is 1.93 bits per heavy atom. The van der Waals surface area contributed by atoms with Crippen molar-refractivity contribution in [3.63, 3.8) is 0 Å². The maximum Gasteiger partial charge on any atom is 0.335 e. The molecule has 0 bridgehead atoms. The lowest BCUT2D eigenvalue weighted by atomic mass is 10.1. The molecule has 0 saturated heterocycles. The quantitative estimate of drug-likeness (QED) is 0.796. The van der Waals surface area contributed by atoms with E-state index in [1.54, 1.807) is 12.1 Å². The van der Waals surface area contributed by atoms with Crippen molar-refractivity contribution in [3.05, 3.63) is 39.5 Å². The van der Waals surface area contributed by atoms with E-state index in [9.17, 15) is 9.90 Å². The number of halogens is 1. The first kappa shape index (κ1) is 10.2. The number of rotatable bonds is 1. The molecule has 0 heterocycles. The van der Waals surface area contributed by atoms with Crippen molar-refractivity contribution in [2.24, 2.45) is 0 Å². The number of carboxylic acid groups (broad SMARTS) is 1. The Bertz CT molecular complexity index is 549. The molecule has 0 aliphatic heterocycles. The molecule has 0 aliphatic carbocycles. The van der Waals surface area contributed by atoms with Crippen LogP contribution >= 0.6 is 22.6 Å². The molecule has 2 aromatic carbocycles. The Morgan fingerprint density at radius 3 is 2.60 bits per heavy atom. The smallest absolute Gasteiger partial charge is 0.335 e. The van der Waals surface area contributed by atoms with Gasteiger partial charge in [-0.05, 0) is 52.2 Å². The van der Waals surface area contributed by atoms with Gasteiger partial charge in [-0.25, -0.2) is 4.79 Å². The van der Waals surface area contributed by atoms with Crippen LogP contribution in [0.3, 0.4) is 0 Å². The average molecular weight is 314 g/mol. The lowest BCUT2D eigenvalue weighted by molar-refractivity contribution is 0.0696. The highest BCUT2D eigenvalue weighted by molar-refractivity contribution is 14.1. The number of fused-ring (bicyclic) bond motifs is 1. The lowest BCUT2D eigenvalue weighted by Crippen LogP contribution is -1.95. The van der Waals surface area contributed by atoms with Crippen molar-refractivity contribution >= 4 is 39.3 Å². The summed E-state index contributed by atoms with van der Waals surface area (Å²) in [5.41, 5.74) is 0.0983. The van der Waals surface area contributed by atoms with Crippen LogP contribution in [0.5, 0.6) is 5.75 Å². The van der Waals surface area contributed by atoms with E-state index < -0.39 is 5.97 Å². The monoisotopic (exact) mass is 314 g/mol. The molecule has 2 N–H and O–H groups in total. The summed E-state index contributed by atoms with van der Waals surface area (Å²) in [4.78, 5) is 10.8. The van der Waals surface area contributed by atoms with Crippen molar-refractivity contribution in [3.8, 4) is 5.75 Å². The minimum Gasteiger partial charge on any atom is -0.507 e. The Labute approximate surface area is 99.5 Å². The van der Waals surface area contributed by atoms with Crippen LogP contribution in [0, 0.1) is 3.57 Å². The third-order valence-electron chi connectivity index (χ3n) is 2.14. The SMILES string of the molecule is O=C(O)c1cc(O)c2cc(I)ccc2c1. The third-order valence-corrected chi connectivity index (χ3v) is 2.81. The maximum absolute atomic E-state index is 10.8. The number of hydrogen-bond donors (Lipinski definition) is 2. The lowest BCUT2D eigenvalue weighted by Gasteiger charge is -2.03. The number of phenolic OH excluding ortho intramolecular Hbond substituents is 1. The van der Waals surface area contributed by atoms with Crippen LogP contribution in [-0.4, -0.2) is 16.2 Å².